The standard InChI is InChI=1S/C71H95NO4/c1-42(2)51-34-47(39-52(61(51)73)65(3,4)5)32-49-30-43(28-45-35-53(66(6,7)8)62(74)54(36-45)67(9,10)11)24-26-59(49)72-60-27-25-44(29-46-37-55(68(12,13)14)63(75)56(38-46)69(15,16)17)31-50(60)33-48-40-57(70(18,19)20)64(76)58(41-48)71(21,22)23/h24-27,30-31,34-41,72-76H,1,28-29,32-33H2,2-23H3. The van der Waals surface area contributed by atoms with Crippen molar-refractivity contribution in [2.75, 3.05) is 5.32 Å². The van der Waals surface area contributed by atoms with E-state index in [4.69, 9.17) is 0 Å². The Morgan fingerprint density at radius 1 is 0.329 bits per heavy atom. The molecule has 0 saturated carbocycles. The van der Waals surface area contributed by atoms with Gasteiger partial charge in [-0.3, -0.25) is 0 Å². The fraction of sp³-hybridized carbons (Fsp3) is 0.465. The van der Waals surface area contributed by atoms with E-state index in [1.807, 2.05) is 6.92 Å². The summed E-state index contributed by atoms with van der Waals surface area (Å²) in [4.78, 5) is 0. The molecule has 5 heteroatoms. The van der Waals surface area contributed by atoms with E-state index in [0.29, 0.717) is 42.9 Å². The minimum absolute atomic E-state index is 0.254. The number of phenolic OH excluding ortho intramolecular Hbond substituents is 4. The molecule has 0 bridgehead atoms. The van der Waals surface area contributed by atoms with E-state index in [1.54, 1.807) is 0 Å². The summed E-state index contributed by atoms with van der Waals surface area (Å²) in [5.41, 5.74) is 17.3. The molecule has 6 rings (SSSR count). The van der Waals surface area contributed by atoms with Crippen LogP contribution in [0.1, 0.15) is 241 Å². The lowest BCUT2D eigenvalue weighted by Gasteiger charge is -2.29. The lowest BCUT2D eigenvalue weighted by molar-refractivity contribution is 0.422. The third-order valence-corrected chi connectivity index (χ3v) is 15.0. The number of rotatable bonds is 11. The summed E-state index contributed by atoms with van der Waals surface area (Å²) in [5, 5.41) is 50.8. The molecule has 0 atom stereocenters. The fourth-order valence-electron chi connectivity index (χ4n) is 10.6. The summed E-state index contributed by atoms with van der Waals surface area (Å²) < 4.78 is 0. The van der Waals surface area contributed by atoms with Gasteiger partial charge in [0.25, 0.3) is 0 Å². The van der Waals surface area contributed by atoms with Crippen molar-refractivity contribution < 1.29 is 20.4 Å². The Morgan fingerprint density at radius 3 is 0.816 bits per heavy atom. The minimum atomic E-state index is -0.311. The molecule has 76 heavy (non-hydrogen) atoms. The second kappa shape index (κ2) is 20.8. The van der Waals surface area contributed by atoms with E-state index in [9.17, 15) is 20.4 Å². The van der Waals surface area contributed by atoms with Crippen LogP contribution < -0.4 is 5.32 Å². The normalized spacial score (nSPS) is 13.1. The molecule has 5 nitrogen and oxygen atoms in total. The topological polar surface area (TPSA) is 93.0 Å². The van der Waals surface area contributed by atoms with Gasteiger partial charge in [-0.25, -0.2) is 0 Å². The molecule has 0 radical (unpaired) electrons. The van der Waals surface area contributed by atoms with E-state index in [-0.39, 0.29) is 43.7 Å². The maximum Gasteiger partial charge on any atom is 0.126 e. The smallest absolute Gasteiger partial charge is 0.126 e. The van der Waals surface area contributed by atoms with Crippen LogP contribution in [0.2, 0.25) is 0 Å². The van der Waals surface area contributed by atoms with Crippen molar-refractivity contribution in [1.82, 2.24) is 0 Å². The van der Waals surface area contributed by atoms with Crippen molar-refractivity contribution in [2.24, 2.45) is 0 Å². The zero-order valence-electron chi connectivity index (χ0n) is 50.9. The minimum Gasteiger partial charge on any atom is -0.507 e. The molecule has 0 aliphatic rings. The molecule has 0 heterocycles. The monoisotopic (exact) mass is 1030 g/mol. The maximum atomic E-state index is 11.8. The third-order valence-electron chi connectivity index (χ3n) is 15.0. The lowest BCUT2D eigenvalue weighted by Crippen LogP contribution is -2.18. The highest BCUT2D eigenvalue weighted by atomic mass is 16.3. The lowest BCUT2D eigenvalue weighted by atomic mass is 9.77. The van der Waals surface area contributed by atoms with Gasteiger partial charge in [0.1, 0.15) is 23.0 Å². The summed E-state index contributed by atoms with van der Waals surface area (Å²) >= 11 is 0. The molecular weight excluding hydrogens is 931 g/mol. The summed E-state index contributed by atoms with van der Waals surface area (Å²) in [6.45, 7) is 51.6. The highest BCUT2D eigenvalue weighted by Crippen LogP contribution is 2.45. The Balaban J connectivity index is 1.58. The van der Waals surface area contributed by atoms with Gasteiger partial charge in [-0.05, 0) is 172 Å². The van der Waals surface area contributed by atoms with Crippen molar-refractivity contribution in [3.63, 3.8) is 0 Å². The molecule has 5 N–H and O–H groups in total. The number of hydrogen-bond acceptors (Lipinski definition) is 5. The van der Waals surface area contributed by atoms with Crippen molar-refractivity contribution in [1.29, 1.82) is 0 Å². The Bertz CT molecular complexity index is 3040. The fourth-order valence-corrected chi connectivity index (χ4v) is 10.6. The molecule has 408 valence electrons. The third kappa shape index (κ3) is 13.6. The molecule has 0 saturated heterocycles. The summed E-state index contributed by atoms with van der Waals surface area (Å²) in [6, 6.07) is 31.0. The van der Waals surface area contributed by atoms with Gasteiger partial charge in [0.2, 0.25) is 0 Å². The van der Waals surface area contributed by atoms with Crippen molar-refractivity contribution in [2.45, 2.75) is 216 Å². The molecule has 0 aliphatic heterocycles. The molecule has 6 aromatic rings. The Morgan fingerprint density at radius 2 is 0.566 bits per heavy atom. The zero-order chi connectivity index (χ0) is 57.2. The second-order valence-electron chi connectivity index (χ2n) is 29.5. The zero-order valence-corrected chi connectivity index (χ0v) is 50.9. The van der Waals surface area contributed by atoms with Crippen LogP contribution in [0, 0.1) is 0 Å². The van der Waals surface area contributed by atoms with Crippen LogP contribution >= 0.6 is 0 Å². The predicted molar refractivity (Wildman–Crippen MR) is 325 cm³/mol. The highest BCUT2D eigenvalue weighted by molar-refractivity contribution is 5.72. The number of aromatic hydroxyl groups is 4. The predicted octanol–water partition coefficient (Wildman–Crippen LogP) is 18.7. The first-order valence-electron chi connectivity index (χ1n) is 27.7. The molecular formula is C71H95NO4. The van der Waals surface area contributed by atoms with Crippen molar-refractivity contribution in [3.05, 3.63) is 181 Å². The Hall–Kier alpha value is -5.94. The number of phenols is 4. The van der Waals surface area contributed by atoms with Crippen molar-refractivity contribution in [3.8, 4) is 23.0 Å². The molecule has 0 unspecified atom stereocenters. The average Bonchev–Trinajstić information content (AvgIpc) is 3.24. The van der Waals surface area contributed by atoms with Gasteiger partial charge >= 0.3 is 0 Å². The first-order valence-corrected chi connectivity index (χ1v) is 27.7. The highest BCUT2D eigenvalue weighted by Gasteiger charge is 2.31. The first-order chi connectivity index (χ1) is 34.5. The SMILES string of the molecule is C=C(C)c1cc(Cc2cc(Cc3cc(C(C)(C)C)c(O)c(C(C)(C)C)c3)ccc2Nc2ccc(Cc3cc(C(C)(C)C)c(O)c(C(C)(C)C)c3)cc2Cc2cc(C(C)(C)C)c(O)c(C(C)(C)C)c2)cc(C(C)(C)C)c1O. The molecule has 0 aliphatic carbocycles. The largest absolute Gasteiger partial charge is 0.507 e. The van der Waals surface area contributed by atoms with Gasteiger partial charge in [-0.1, -0.05) is 219 Å². The molecule has 6 aromatic carbocycles. The summed E-state index contributed by atoms with van der Waals surface area (Å²) in [7, 11) is 0. The second-order valence-corrected chi connectivity index (χ2v) is 29.5. The van der Waals surface area contributed by atoms with Gasteiger partial charge in [-0.15, -0.1) is 0 Å². The first kappa shape index (κ1) is 59.3. The molecule has 0 amide bonds. The van der Waals surface area contributed by atoms with E-state index < -0.39 is 0 Å². The van der Waals surface area contributed by atoms with Crippen LogP contribution in [0.3, 0.4) is 0 Å². The quantitative estimate of drug-likeness (QED) is 0.0892. The number of hydrogen-bond donors (Lipinski definition) is 5. The van der Waals surface area contributed by atoms with E-state index >= 15 is 0 Å². The number of allylic oxidation sites excluding steroid dienone is 1. The van der Waals surface area contributed by atoms with Crippen LogP contribution in [-0.2, 0) is 63.6 Å². The van der Waals surface area contributed by atoms with Crippen molar-refractivity contribution >= 4 is 16.9 Å². The van der Waals surface area contributed by atoms with E-state index in [2.05, 4.69) is 242 Å². The van der Waals surface area contributed by atoms with E-state index in [0.717, 1.165) is 106 Å². The van der Waals surface area contributed by atoms with E-state index in [1.165, 1.54) is 0 Å². The molecule has 0 aromatic heterocycles. The van der Waals surface area contributed by atoms with Crippen LogP contribution in [0.5, 0.6) is 23.0 Å². The van der Waals surface area contributed by atoms with Crippen LogP contribution in [0.25, 0.3) is 5.57 Å². The number of anilines is 2. The van der Waals surface area contributed by atoms with Gasteiger partial charge in [0.05, 0.1) is 0 Å². The Kier molecular flexibility index (Phi) is 16.2. The Labute approximate surface area is 460 Å². The number of benzene rings is 6. The van der Waals surface area contributed by atoms with Crippen LogP contribution in [0.4, 0.5) is 11.4 Å². The average molecular weight is 1030 g/mol. The summed E-state index contributed by atoms with van der Waals surface area (Å²) in [6.07, 6.45) is 2.58. The molecule has 0 spiro atoms. The molecule has 0 fully saturated rings. The maximum absolute atomic E-state index is 11.8. The van der Waals surface area contributed by atoms with Gasteiger partial charge in [0, 0.05) is 22.5 Å². The number of nitrogens with one attached hydrogen (secondary N) is 1. The van der Waals surface area contributed by atoms with Crippen LogP contribution in [0.15, 0.2) is 91.5 Å². The van der Waals surface area contributed by atoms with Gasteiger partial charge in [-0.2, -0.15) is 0 Å². The summed E-state index contributed by atoms with van der Waals surface area (Å²) in [5.74, 6) is 1.41. The van der Waals surface area contributed by atoms with Crippen LogP contribution in [-0.4, -0.2) is 20.4 Å². The van der Waals surface area contributed by atoms with Gasteiger partial charge in [0.15, 0.2) is 0 Å². The van der Waals surface area contributed by atoms with Gasteiger partial charge < -0.3 is 25.7 Å².